The number of hydrogen-bond acceptors (Lipinski definition) is 12. The van der Waals surface area contributed by atoms with Gasteiger partial charge < -0.3 is 40.0 Å². The zero-order valence-corrected chi connectivity index (χ0v) is 36.7. The van der Waals surface area contributed by atoms with E-state index in [1.165, 1.54) is 5.56 Å². The number of rotatable bonds is 13. The summed E-state index contributed by atoms with van der Waals surface area (Å²) in [5.74, 6) is 1.47. The van der Waals surface area contributed by atoms with Crippen LogP contribution in [0.3, 0.4) is 0 Å². The number of fused-ring (bicyclic) bond motifs is 2. The highest BCUT2D eigenvalue weighted by Crippen LogP contribution is 2.27. The van der Waals surface area contributed by atoms with Gasteiger partial charge in [-0.3, -0.25) is 14.9 Å². The molecule has 2 saturated heterocycles. The summed E-state index contributed by atoms with van der Waals surface area (Å²) in [4.78, 5) is 64.7. The Morgan fingerprint density at radius 1 is 0.733 bits per heavy atom. The van der Waals surface area contributed by atoms with Crippen molar-refractivity contribution in [1.29, 1.82) is 0 Å². The van der Waals surface area contributed by atoms with E-state index in [1.807, 2.05) is 47.6 Å². The van der Waals surface area contributed by atoms with Gasteiger partial charge in [0.05, 0.1) is 6.04 Å². The van der Waals surface area contributed by atoms with E-state index in [9.17, 15) is 19.2 Å². The predicted octanol–water partition coefficient (Wildman–Crippen LogP) is 6.28. The van der Waals surface area contributed by atoms with Crippen molar-refractivity contribution >= 4 is 35.7 Å². The number of aromatic nitrogens is 2. The first-order valence-electron chi connectivity index (χ1n) is 22.3. The van der Waals surface area contributed by atoms with Crippen molar-refractivity contribution in [3.8, 4) is 0 Å². The second-order valence-electron chi connectivity index (χ2n) is 18.8. The van der Waals surface area contributed by atoms with Gasteiger partial charge in [0.25, 0.3) is 0 Å². The number of pyridine rings is 2. The number of ether oxygens (including phenoxy) is 3. The van der Waals surface area contributed by atoms with Crippen LogP contribution in [0.4, 0.5) is 21.2 Å². The summed E-state index contributed by atoms with van der Waals surface area (Å²) in [7, 11) is 0. The third-order valence-electron chi connectivity index (χ3n) is 11.4. The molecule has 15 heteroatoms. The van der Waals surface area contributed by atoms with E-state index in [1.54, 1.807) is 9.80 Å². The van der Waals surface area contributed by atoms with Gasteiger partial charge in [-0.05, 0) is 142 Å². The summed E-state index contributed by atoms with van der Waals surface area (Å²) < 4.78 is 17.3. The molecule has 0 spiro atoms. The molecule has 0 radical (unpaired) electrons. The van der Waals surface area contributed by atoms with Crippen LogP contribution in [-0.4, -0.2) is 112 Å². The third-order valence-corrected chi connectivity index (χ3v) is 11.4. The number of nitrogens with zero attached hydrogens (tertiary/aromatic N) is 4. The average molecular weight is 833 g/mol. The van der Waals surface area contributed by atoms with Crippen molar-refractivity contribution < 1.29 is 33.4 Å². The number of nitrogens with one attached hydrogen (secondary N) is 4. The molecule has 0 bridgehead atoms. The summed E-state index contributed by atoms with van der Waals surface area (Å²) in [6.45, 7) is 14.3. The highest BCUT2D eigenvalue weighted by molar-refractivity contribution is 5.76. The first-order valence-corrected chi connectivity index (χ1v) is 22.3. The third kappa shape index (κ3) is 13.7. The van der Waals surface area contributed by atoms with Crippen LogP contribution < -0.4 is 21.3 Å². The van der Waals surface area contributed by atoms with Gasteiger partial charge in [0, 0.05) is 69.0 Å². The summed E-state index contributed by atoms with van der Waals surface area (Å²) in [5, 5.41) is 13.8. The molecular formula is C45H68N8O7. The molecule has 0 saturated carbocycles. The number of anilines is 2. The van der Waals surface area contributed by atoms with Gasteiger partial charge in [0.2, 0.25) is 5.91 Å². The SMILES string of the molecule is CC(C)(C)OC(=O)N1CCC(NC(=O)CCCc2ccc3c(n2)NC(C(NC2CCN(C(=O)OC(C)(C)C)CC2)OC(=O)CCCc2ccc4c(n2)NCCC4)CC3)CC1. The number of aryl methyl sites for hydroxylation is 4. The Morgan fingerprint density at radius 2 is 1.28 bits per heavy atom. The molecular weight excluding hydrogens is 765 g/mol. The maximum atomic E-state index is 13.5. The average Bonchev–Trinajstić information content (AvgIpc) is 3.19. The second kappa shape index (κ2) is 20.3. The van der Waals surface area contributed by atoms with E-state index in [4.69, 9.17) is 24.2 Å². The zero-order valence-electron chi connectivity index (χ0n) is 36.7. The first kappa shape index (κ1) is 44.9. The van der Waals surface area contributed by atoms with Crippen molar-refractivity contribution in [2.75, 3.05) is 43.4 Å². The highest BCUT2D eigenvalue weighted by atomic mass is 16.6. The number of carbonyl (C=O) groups excluding carboxylic acids is 4. The van der Waals surface area contributed by atoms with Crippen molar-refractivity contribution in [3.05, 3.63) is 46.8 Å². The lowest BCUT2D eigenvalue weighted by Gasteiger charge is -2.38. The minimum absolute atomic E-state index is 0.00508. The largest absolute Gasteiger partial charge is 0.444 e. The van der Waals surface area contributed by atoms with Gasteiger partial charge in [-0.1, -0.05) is 12.1 Å². The van der Waals surface area contributed by atoms with Crippen LogP contribution in [0.25, 0.3) is 0 Å². The maximum Gasteiger partial charge on any atom is 0.410 e. The predicted molar refractivity (Wildman–Crippen MR) is 230 cm³/mol. The molecule has 4 aliphatic heterocycles. The molecule has 2 aromatic heterocycles. The van der Waals surface area contributed by atoms with Crippen molar-refractivity contribution in [3.63, 3.8) is 0 Å². The molecule has 0 aliphatic carbocycles. The molecule has 60 heavy (non-hydrogen) atoms. The standard InChI is InChI=1S/C45H68N8O7/c1-44(2,3)59-42(56)52-26-21-34(22-27-52)47-37(54)13-7-11-33-19-16-31-17-20-36(51-40(31)49-33)41(50-35-23-28-53(29-24-35)43(57)60-45(4,5)6)58-38(55)14-8-12-32-18-15-30-10-9-25-46-39(30)48-32/h15-16,18-19,34-36,41,50H,7-14,17,20-29H2,1-6H3,(H,46,48)(H,47,54)(H,49,51). The highest BCUT2D eigenvalue weighted by Gasteiger charge is 2.34. The Kier molecular flexibility index (Phi) is 15.2. The fourth-order valence-electron chi connectivity index (χ4n) is 8.19. The first-order chi connectivity index (χ1) is 28.6. The Morgan fingerprint density at radius 3 is 1.88 bits per heavy atom. The van der Waals surface area contributed by atoms with Crippen LogP contribution in [-0.2, 0) is 49.5 Å². The molecule has 4 N–H and O–H groups in total. The van der Waals surface area contributed by atoms with E-state index in [0.717, 1.165) is 60.8 Å². The Balaban J connectivity index is 1.01. The van der Waals surface area contributed by atoms with E-state index >= 15 is 0 Å². The number of hydrogen-bond donors (Lipinski definition) is 4. The number of esters is 1. The van der Waals surface area contributed by atoms with Gasteiger partial charge >= 0.3 is 18.2 Å². The van der Waals surface area contributed by atoms with Gasteiger partial charge in [-0.15, -0.1) is 0 Å². The lowest BCUT2D eigenvalue weighted by atomic mass is 9.97. The lowest BCUT2D eigenvalue weighted by Crippen LogP contribution is -2.55. The minimum atomic E-state index is -0.597. The fourth-order valence-corrected chi connectivity index (χ4v) is 8.19. The maximum absolute atomic E-state index is 13.5. The quantitative estimate of drug-likeness (QED) is 0.101. The minimum Gasteiger partial charge on any atom is -0.444 e. The fraction of sp³-hybridized carbons (Fsp3) is 0.689. The molecule has 15 nitrogen and oxygen atoms in total. The van der Waals surface area contributed by atoms with Crippen LogP contribution in [0.2, 0.25) is 0 Å². The van der Waals surface area contributed by atoms with Crippen molar-refractivity contribution in [1.82, 2.24) is 30.4 Å². The Hall–Kier alpha value is -4.66. The second-order valence-corrected chi connectivity index (χ2v) is 18.8. The molecule has 2 aromatic rings. The Bertz CT molecular complexity index is 1790. The number of carbonyl (C=O) groups is 4. The summed E-state index contributed by atoms with van der Waals surface area (Å²) in [5.41, 5.74) is 3.11. The number of piperidine rings is 2. The number of amides is 3. The molecule has 4 aliphatic rings. The summed E-state index contributed by atoms with van der Waals surface area (Å²) in [6, 6.07) is 8.20. The van der Waals surface area contributed by atoms with Crippen LogP contribution in [0, 0.1) is 0 Å². The zero-order chi connectivity index (χ0) is 42.9. The van der Waals surface area contributed by atoms with Gasteiger partial charge in [-0.25, -0.2) is 19.6 Å². The van der Waals surface area contributed by atoms with Crippen LogP contribution >= 0.6 is 0 Å². The van der Waals surface area contributed by atoms with Crippen molar-refractivity contribution in [2.45, 2.75) is 167 Å². The molecule has 6 rings (SSSR count). The van der Waals surface area contributed by atoms with Crippen LogP contribution in [0.1, 0.15) is 128 Å². The van der Waals surface area contributed by atoms with Crippen molar-refractivity contribution in [2.24, 2.45) is 0 Å². The van der Waals surface area contributed by atoms with E-state index < -0.39 is 17.4 Å². The molecule has 330 valence electrons. The summed E-state index contributed by atoms with van der Waals surface area (Å²) >= 11 is 0. The lowest BCUT2D eigenvalue weighted by molar-refractivity contribution is -0.152. The topological polar surface area (TPSA) is 176 Å². The number of likely N-dealkylation sites (tertiary alicyclic amines) is 2. The molecule has 2 unspecified atom stereocenters. The molecule has 3 amide bonds. The van der Waals surface area contributed by atoms with Crippen LogP contribution in [0.15, 0.2) is 24.3 Å². The van der Waals surface area contributed by atoms with E-state index in [0.29, 0.717) is 84.0 Å². The molecule has 6 heterocycles. The molecule has 2 atom stereocenters. The van der Waals surface area contributed by atoms with E-state index in [2.05, 4.69) is 39.5 Å². The van der Waals surface area contributed by atoms with Crippen LogP contribution in [0.5, 0.6) is 0 Å². The molecule has 0 aromatic carbocycles. The van der Waals surface area contributed by atoms with Gasteiger partial charge in [0.1, 0.15) is 22.8 Å². The van der Waals surface area contributed by atoms with Gasteiger partial charge in [-0.2, -0.15) is 0 Å². The Labute approximate surface area is 355 Å². The van der Waals surface area contributed by atoms with Gasteiger partial charge in [0.15, 0.2) is 6.23 Å². The van der Waals surface area contributed by atoms with E-state index in [-0.39, 0.29) is 48.6 Å². The smallest absolute Gasteiger partial charge is 0.410 e. The summed E-state index contributed by atoms with van der Waals surface area (Å²) in [6.07, 6.45) is 8.53. The molecule has 2 fully saturated rings. The normalized spacial score (nSPS) is 19.2. The monoisotopic (exact) mass is 833 g/mol.